The monoisotopic (exact) mass is 242 g/mol. The Kier molecular flexibility index (Phi) is 6.52. The average Bonchev–Trinajstić information content (AvgIpc) is 2.36. The van der Waals surface area contributed by atoms with Gasteiger partial charge in [0.1, 0.15) is 0 Å². The van der Waals surface area contributed by atoms with Gasteiger partial charge >= 0.3 is 0 Å². The third kappa shape index (κ3) is 4.64. The van der Waals surface area contributed by atoms with Gasteiger partial charge in [-0.15, -0.1) is 0 Å². The SMILES string of the molecule is CCN1CCCCC1C(=O)NCC(C)CCO. The number of carbonyl (C=O) groups is 1. The van der Waals surface area contributed by atoms with E-state index in [1.807, 2.05) is 0 Å². The second-order valence-corrected chi connectivity index (χ2v) is 5.00. The molecule has 4 heteroatoms. The summed E-state index contributed by atoms with van der Waals surface area (Å²) >= 11 is 0. The molecule has 0 aromatic heterocycles. The highest BCUT2D eigenvalue weighted by Gasteiger charge is 2.27. The van der Waals surface area contributed by atoms with Crippen molar-refractivity contribution in [3.05, 3.63) is 0 Å². The zero-order chi connectivity index (χ0) is 12.7. The molecular formula is C13H26N2O2. The first-order chi connectivity index (χ1) is 8.19. The molecule has 2 N–H and O–H groups in total. The molecule has 1 amide bonds. The summed E-state index contributed by atoms with van der Waals surface area (Å²) in [4.78, 5) is 14.3. The molecule has 0 saturated carbocycles. The predicted molar refractivity (Wildman–Crippen MR) is 68.8 cm³/mol. The number of carbonyl (C=O) groups excluding carboxylic acids is 1. The van der Waals surface area contributed by atoms with Crippen LogP contribution in [0.4, 0.5) is 0 Å². The maximum atomic E-state index is 12.1. The molecular weight excluding hydrogens is 216 g/mol. The Balaban J connectivity index is 2.34. The standard InChI is InChI=1S/C13H26N2O2/c1-3-15-8-5-4-6-12(15)13(17)14-10-11(2)7-9-16/h11-12,16H,3-10H2,1-2H3,(H,14,17). The van der Waals surface area contributed by atoms with Crippen LogP contribution >= 0.6 is 0 Å². The van der Waals surface area contributed by atoms with Crippen LogP contribution in [0.3, 0.4) is 0 Å². The largest absolute Gasteiger partial charge is 0.396 e. The van der Waals surface area contributed by atoms with Crippen LogP contribution in [0, 0.1) is 5.92 Å². The molecule has 0 aromatic carbocycles. The van der Waals surface area contributed by atoms with Crippen molar-refractivity contribution in [2.75, 3.05) is 26.2 Å². The molecule has 0 spiro atoms. The fraction of sp³-hybridized carbons (Fsp3) is 0.923. The van der Waals surface area contributed by atoms with Gasteiger partial charge in [-0.25, -0.2) is 0 Å². The van der Waals surface area contributed by atoms with Crippen molar-refractivity contribution in [2.24, 2.45) is 5.92 Å². The molecule has 0 bridgehead atoms. The minimum atomic E-state index is 0.0649. The Labute approximate surface area is 104 Å². The first kappa shape index (κ1) is 14.5. The molecule has 17 heavy (non-hydrogen) atoms. The van der Waals surface area contributed by atoms with E-state index in [2.05, 4.69) is 24.1 Å². The van der Waals surface area contributed by atoms with E-state index in [1.165, 1.54) is 6.42 Å². The number of nitrogens with zero attached hydrogens (tertiary/aromatic N) is 1. The van der Waals surface area contributed by atoms with Crippen molar-refractivity contribution in [3.63, 3.8) is 0 Å². The third-order valence-corrected chi connectivity index (χ3v) is 3.57. The van der Waals surface area contributed by atoms with Crippen molar-refractivity contribution in [1.29, 1.82) is 0 Å². The number of aliphatic hydroxyl groups is 1. The fourth-order valence-electron chi connectivity index (χ4n) is 2.38. The maximum Gasteiger partial charge on any atom is 0.237 e. The number of nitrogens with one attached hydrogen (secondary N) is 1. The lowest BCUT2D eigenvalue weighted by Crippen LogP contribution is -2.50. The number of aliphatic hydroxyl groups excluding tert-OH is 1. The molecule has 2 unspecified atom stereocenters. The second-order valence-electron chi connectivity index (χ2n) is 5.00. The van der Waals surface area contributed by atoms with Gasteiger partial charge in [0, 0.05) is 13.2 Å². The van der Waals surface area contributed by atoms with E-state index in [0.717, 1.165) is 32.4 Å². The summed E-state index contributed by atoms with van der Waals surface area (Å²) in [7, 11) is 0. The van der Waals surface area contributed by atoms with Crippen molar-refractivity contribution in [3.8, 4) is 0 Å². The highest BCUT2D eigenvalue weighted by Crippen LogP contribution is 2.16. The molecule has 0 radical (unpaired) electrons. The highest BCUT2D eigenvalue weighted by atomic mass is 16.3. The maximum absolute atomic E-state index is 12.1. The molecule has 0 aliphatic carbocycles. The molecule has 100 valence electrons. The summed E-state index contributed by atoms with van der Waals surface area (Å²) in [6.45, 7) is 7.02. The van der Waals surface area contributed by atoms with Crippen LogP contribution in [0.1, 0.15) is 39.5 Å². The van der Waals surface area contributed by atoms with Gasteiger partial charge in [0.2, 0.25) is 5.91 Å². The van der Waals surface area contributed by atoms with E-state index in [-0.39, 0.29) is 18.6 Å². The van der Waals surface area contributed by atoms with Gasteiger partial charge < -0.3 is 10.4 Å². The summed E-state index contributed by atoms with van der Waals surface area (Å²) in [6.07, 6.45) is 4.09. The third-order valence-electron chi connectivity index (χ3n) is 3.57. The topological polar surface area (TPSA) is 52.6 Å². The van der Waals surface area contributed by atoms with Gasteiger partial charge in [0.15, 0.2) is 0 Å². The van der Waals surface area contributed by atoms with Crippen molar-refractivity contribution < 1.29 is 9.90 Å². The quantitative estimate of drug-likeness (QED) is 0.730. The molecule has 2 atom stereocenters. The molecule has 1 aliphatic rings. The molecule has 1 saturated heterocycles. The summed E-state index contributed by atoms with van der Waals surface area (Å²) in [5.41, 5.74) is 0. The van der Waals surface area contributed by atoms with Crippen LogP contribution < -0.4 is 5.32 Å². The lowest BCUT2D eigenvalue weighted by Gasteiger charge is -2.33. The summed E-state index contributed by atoms with van der Waals surface area (Å²) in [6, 6.07) is 0.0649. The van der Waals surface area contributed by atoms with Gasteiger partial charge in [-0.1, -0.05) is 20.3 Å². The van der Waals surface area contributed by atoms with E-state index in [4.69, 9.17) is 5.11 Å². The zero-order valence-electron chi connectivity index (χ0n) is 11.1. The molecule has 1 rings (SSSR count). The number of hydrogen-bond acceptors (Lipinski definition) is 3. The Bertz CT molecular complexity index is 233. The summed E-state index contributed by atoms with van der Waals surface area (Å²) in [5, 5.41) is 11.8. The van der Waals surface area contributed by atoms with Gasteiger partial charge in [-0.3, -0.25) is 9.69 Å². The first-order valence-electron chi connectivity index (χ1n) is 6.81. The van der Waals surface area contributed by atoms with Crippen LogP contribution in [0.25, 0.3) is 0 Å². The Morgan fingerprint density at radius 2 is 2.29 bits per heavy atom. The molecule has 4 nitrogen and oxygen atoms in total. The van der Waals surface area contributed by atoms with Crippen molar-refractivity contribution in [1.82, 2.24) is 10.2 Å². The minimum Gasteiger partial charge on any atom is -0.396 e. The van der Waals surface area contributed by atoms with E-state index in [9.17, 15) is 4.79 Å². The van der Waals surface area contributed by atoms with Gasteiger partial charge in [0.05, 0.1) is 6.04 Å². The number of hydrogen-bond donors (Lipinski definition) is 2. The van der Waals surface area contributed by atoms with Crippen LogP contribution in [0.5, 0.6) is 0 Å². The Morgan fingerprint density at radius 1 is 1.53 bits per heavy atom. The number of rotatable bonds is 6. The zero-order valence-corrected chi connectivity index (χ0v) is 11.1. The van der Waals surface area contributed by atoms with Crippen LogP contribution in [-0.4, -0.2) is 48.2 Å². The lowest BCUT2D eigenvalue weighted by atomic mass is 10.0. The van der Waals surface area contributed by atoms with E-state index in [0.29, 0.717) is 12.5 Å². The number of likely N-dealkylation sites (tertiary alicyclic amines) is 1. The Hall–Kier alpha value is -0.610. The van der Waals surface area contributed by atoms with Gasteiger partial charge in [-0.2, -0.15) is 0 Å². The first-order valence-corrected chi connectivity index (χ1v) is 6.81. The fourth-order valence-corrected chi connectivity index (χ4v) is 2.38. The average molecular weight is 242 g/mol. The lowest BCUT2D eigenvalue weighted by molar-refractivity contribution is -0.127. The number of piperidine rings is 1. The van der Waals surface area contributed by atoms with Gasteiger partial charge in [0.25, 0.3) is 0 Å². The van der Waals surface area contributed by atoms with Crippen LogP contribution in [0.2, 0.25) is 0 Å². The molecule has 1 heterocycles. The normalized spacial score (nSPS) is 23.4. The molecule has 1 aliphatic heterocycles. The van der Waals surface area contributed by atoms with Crippen molar-refractivity contribution >= 4 is 5.91 Å². The Morgan fingerprint density at radius 3 is 2.94 bits per heavy atom. The summed E-state index contributed by atoms with van der Waals surface area (Å²) in [5.74, 6) is 0.513. The van der Waals surface area contributed by atoms with Crippen LogP contribution in [-0.2, 0) is 4.79 Å². The second kappa shape index (κ2) is 7.67. The summed E-state index contributed by atoms with van der Waals surface area (Å²) < 4.78 is 0. The van der Waals surface area contributed by atoms with Gasteiger partial charge in [-0.05, 0) is 38.3 Å². The van der Waals surface area contributed by atoms with E-state index < -0.39 is 0 Å². The molecule has 0 aromatic rings. The van der Waals surface area contributed by atoms with Crippen molar-refractivity contribution in [2.45, 2.75) is 45.6 Å². The number of amides is 1. The van der Waals surface area contributed by atoms with E-state index in [1.54, 1.807) is 0 Å². The van der Waals surface area contributed by atoms with Crippen LogP contribution in [0.15, 0.2) is 0 Å². The number of likely N-dealkylation sites (N-methyl/N-ethyl adjacent to an activating group) is 1. The highest BCUT2D eigenvalue weighted by molar-refractivity contribution is 5.81. The predicted octanol–water partition coefficient (Wildman–Crippen LogP) is 0.995. The smallest absolute Gasteiger partial charge is 0.237 e. The van der Waals surface area contributed by atoms with E-state index >= 15 is 0 Å². The minimum absolute atomic E-state index is 0.0649. The molecule has 1 fully saturated rings.